The number of aromatic nitrogens is 1. The van der Waals surface area contributed by atoms with Gasteiger partial charge in [0.15, 0.2) is 5.76 Å². The zero-order chi connectivity index (χ0) is 31.9. The minimum absolute atomic E-state index is 0.0233. The molecule has 5 aromatic rings. The Morgan fingerprint density at radius 3 is 2.29 bits per heavy atom. The number of nitrogens with one attached hydrogen (secondary N) is 1. The molecule has 2 aromatic heterocycles. The van der Waals surface area contributed by atoms with Crippen molar-refractivity contribution in [1.29, 1.82) is 0 Å². The lowest BCUT2D eigenvalue weighted by atomic mass is 10.1. The van der Waals surface area contributed by atoms with Gasteiger partial charge in [0.1, 0.15) is 23.9 Å². The Hall–Kier alpha value is -6.17. The molecular formula is C33H28N4O8. The Bertz CT molecular complexity index is 1850. The molecule has 1 N–H and O–H groups in total. The van der Waals surface area contributed by atoms with Gasteiger partial charge in [-0.15, -0.1) is 0 Å². The first-order chi connectivity index (χ1) is 21.7. The number of aryl methyl sites for hydroxylation is 2. The summed E-state index contributed by atoms with van der Waals surface area (Å²) in [4.78, 5) is 36.3. The van der Waals surface area contributed by atoms with Crippen molar-refractivity contribution in [2.45, 2.75) is 20.5 Å². The fourth-order valence-corrected chi connectivity index (χ4v) is 4.49. The maximum absolute atomic E-state index is 12.7. The molecule has 0 saturated carbocycles. The van der Waals surface area contributed by atoms with Crippen molar-refractivity contribution in [3.8, 4) is 22.9 Å². The lowest BCUT2D eigenvalue weighted by molar-refractivity contribution is -0.385. The number of methoxy groups -OCH3 is 1. The van der Waals surface area contributed by atoms with E-state index < -0.39 is 22.5 Å². The standard InChI is InChI=1S/C33H28N4O8/c1-21-7-8-22(2)36(21)25-11-15-27(16-12-25)43-20-28-17-18-30(44-28)32(38)35-34-19-24-5-4-6-29(37(40)41)31(24)45-33(39)23-9-13-26(42-3)14-10-23/h4-19H,20H2,1-3H3,(H,35,38)/b34-19+. The van der Waals surface area contributed by atoms with Gasteiger partial charge in [0, 0.05) is 28.7 Å². The summed E-state index contributed by atoms with van der Waals surface area (Å²) in [6.45, 7) is 4.18. The van der Waals surface area contributed by atoms with E-state index in [0.717, 1.165) is 23.3 Å². The van der Waals surface area contributed by atoms with Crippen LogP contribution in [0.4, 0.5) is 5.69 Å². The molecule has 0 spiro atoms. The van der Waals surface area contributed by atoms with Gasteiger partial charge in [-0.1, -0.05) is 6.07 Å². The number of para-hydroxylation sites is 1. The van der Waals surface area contributed by atoms with Crippen LogP contribution < -0.4 is 19.6 Å². The normalized spacial score (nSPS) is 10.9. The maximum Gasteiger partial charge on any atom is 0.343 e. The highest BCUT2D eigenvalue weighted by atomic mass is 16.6. The summed E-state index contributed by atoms with van der Waals surface area (Å²) in [6, 6.07) is 24.9. The number of benzene rings is 3. The first-order valence-electron chi connectivity index (χ1n) is 13.7. The van der Waals surface area contributed by atoms with Gasteiger partial charge in [-0.25, -0.2) is 10.2 Å². The van der Waals surface area contributed by atoms with Gasteiger partial charge < -0.3 is 23.2 Å². The third kappa shape index (κ3) is 7.08. The molecule has 2 heterocycles. The maximum atomic E-state index is 12.7. The number of carbonyl (C=O) groups is 2. The van der Waals surface area contributed by atoms with Crippen molar-refractivity contribution in [2.75, 3.05) is 7.11 Å². The van der Waals surface area contributed by atoms with Crippen LogP contribution in [0.3, 0.4) is 0 Å². The van der Waals surface area contributed by atoms with Crippen LogP contribution in [-0.4, -0.2) is 34.7 Å². The number of nitro groups is 1. The average molecular weight is 609 g/mol. The third-order valence-electron chi connectivity index (χ3n) is 6.74. The molecule has 12 nitrogen and oxygen atoms in total. The number of ether oxygens (including phenoxy) is 3. The smallest absolute Gasteiger partial charge is 0.343 e. The molecule has 0 radical (unpaired) electrons. The second-order valence-electron chi connectivity index (χ2n) is 9.77. The van der Waals surface area contributed by atoms with Crippen molar-refractivity contribution >= 4 is 23.8 Å². The number of furan rings is 1. The van der Waals surface area contributed by atoms with E-state index in [0.29, 0.717) is 17.3 Å². The number of amides is 1. The van der Waals surface area contributed by atoms with E-state index >= 15 is 0 Å². The fourth-order valence-electron chi connectivity index (χ4n) is 4.49. The van der Waals surface area contributed by atoms with Crippen LogP contribution in [0, 0.1) is 24.0 Å². The third-order valence-corrected chi connectivity index (χ3v) is 6.74. The van der Waals surface area contributed by atoms with Crippen molar-refractivity contribution in [3.63, 3.8) is 0 Å². The predicted octanol–water partition coefficient (Wildman–Crippen LogP) is 6.17. The minimum atomic E-state index is -0.821. The molecule has 0 saturated heterocycles. The van der Waals surface area contributed by atoms with E-state index in [4.69, 9.17) is 18.6 Å². The van der Waals surface area contributed by atoms with Crippen LogP contribution in [0.2, 0.25) is 0 Å². The Labute approximate surface area is 257 Å². The summed E-state index contributed by atoms with van der Waals surface area (Å²) >= 11 is 0. The van der Waals surface area contributed by atoms with Crippen molar-refractivity contribution in [2.24, 2.45) is 5.10 Å². The number of hydrogen-bond donors (Lipinski definition) is 1. The van der Waals surface area contributed by atoms with Crippen LogP contribution in [-0.2, 0) is 6.61 Å². The van der Waals surface area contributed by atoms with Gasteiger partial charge in [0.25, 0.3) is 0 Å². The first-order valence-corrected chi connectivity index (χ1v) is 13.7. The number of rotatable bonds is 11. The Balaban J connectivity index is 1.21. The zero-order valence-electron chi connectivity index (χ0n) is 24.6. The molecule has 12 heteroatoms. The summed E-state index contributed by atoms with van der Waals surface area (Å²) in [6.07, 6.45) is 1.13. The average Bonchev–Trinajstić information content (AvgIpc) is 3.66. The monoisotopic (exact) mass is 608 g/mol. The summed E-state index contributed by atoms with van der Waals surface area (Å²) in [7, 11) is 1.48. The van der Waals surface area contributed by atoms with Gasteiger partial charge in [0.05, 0.1) is 23.8 Å². The highest BCUT2D eigenvalue weighted by Gasteiger charge is 2.22. The molecular weight excluding hydrogens is 580 g/mol. The lowest BCUT2D eigenvalue weighted by Crippen LogP contribution is -2.17. The van der Waals surface area contributed by atoms with E-state index in [9.17, 15) is 19.7 Å². The quantitative estimate of drug-likeness (QED) is 0.0616. The molecule has 0 aliphatic rings. The summed E-state index contributed by atoms with van der Waals surface area (Å²) in [5, 5.41) is 15.5. The highest BCUT2D eigenvalue weighted by Crippen LogP contribution is 2.31. The van der Waals surface area contributed by atoms with E-state index in [-0.39, 0.29) is 29.2 Å². The van der Waals surface area contributed by atoms with E-state index in [2.05, 4.69) is 27.2 Å². The van der Waals surface area contributed by atoms with Crippen LogP contribution in [0.25, 0.3) is 5.69 Å². The van der Waals surface area contributed by atoms with Crippen LogP contribution >= 0.6 is 0 Å². The number of carbonyl (C=O) groups excluding carboxylic acids is 2. The molecule has 5 rings (SSSR count). The summed E-state index contributed by atoms with van der Waals surface area (Å²) in [5.41, 5.74) is 5.38. The van der Waals surface area contributed by atoms with Gasteiger partial charge >= 0.3 is 17.6 Å². The molecule has 228 valence electrons. The second-order valence-corrected chi connectivity index (χ2v) is 9.77. The van der Waals surface area contributed by atoms with Gasteiger partial charge in [-0.2, -0.15) is 5.10 Å². The van der Waals surface area contributed by atoms with Crippen molar-refractivity contribution in [1.82, 2.24) is 9.99 Å². The summed E-state index contributed by atoms with van der Waals surface area (Å²) in [5.74, 6) is -0.263. The molecule has 0 fully saturated rings. The fraction of sp³-hybridized carbons (Fsp3) is 0.121. The second kappa shape index (κ2) is 13.4. The number of hydrazone groups is 1. The SMILES string of the molecule is COc1ccc(C(=O)Oc2c(/C=N/NC(=O)c3ccc(COc4ccc(-n5c(C)ccc5C)cc4)o3)cccc2[N+](=O)[O-])cc1. The van der Waals surface area contributed by atoms with Gasteiger partial charge in [-0.05, 0) is 92.7 Å². The number of nitrogens with zero attached hydrogens (tertiary/aromatic N) is 3. The van der Waals surface area contributed by atoms with Crippen LogP contribution in [0.5, 0.6) is 17.2 Å². The zero-order valence-corrected chi connectivity index (χ0v) is 24.6. The molecule has 1 amide bonds. The van der Waals surface area contributed by atoms with E-state index in [1.165, 1.54) is 43.5 Å². The Morgan fingerprint density at radius 1 is 0.933 bits per heavy atom. The first kappa shape index (κ1) is 30.3. The van der Waals surface area contributed by atoms with Crippen LogP contribution in [0.1, 0.15) is 43.6 Å². The number of nitro benzene ring substituents is 1. The molecule has 0 aliphatic heterocycles. The predicted molar refractivity (Wildman–Crippen MR) is 164 cm³/mol. The lowest BCUT2D eigenvalue weighted by Gasteiger charge is -2.10. The van der Waals surface area contributed by atoms with E-state index in [1.54, 1.807) is 18.2 Å². The molecule has 0 bridgehead atoms. The summed E-state index contributed by atoms with van der Waals surface area (Å²) < 4.78 is 24.0. The molecule has 0 unspecified atom stereocenters. The number of esters is 1. The molecule has 0 aliphatic carbocycles. The van der Waals surface area contributed by atoms with Crippen molar-refractivity contribution in [3.05, 3.63) is 135 Å². The Morgan fingerprint density at radius 2 is 1.62 bits per heavy atom. The molecule has 45 heavy (non-hydrogen) atoms. The molecule has 3 aromatic carbocycles. The highest BCUT2D eigenvalue weighted by molar-refractivity contribution is 5.95. The largest absolute Gasteiger partial charge is 0.497 e. The van der Waals surface area contributed by atoms with Gasteiger partial charge in [0.2, 0.25) is 5.75 Å². The minimum Gasteiger partial charge on any atom is -0.497 e. The molecule has 0 atom stereocenters. The number of hydrogen-bond acceptors (Lipinski definition) is 9. The van der Waals surface area contributed by atoms with Gasteiger partial charge in [-0.3, -0.25) is 14.9 Å². The topological polar surface area (TPSA) is 147 Å². The van der Waals surface area contributed by atoms with E-state index in [1.807, 2.05) is 38.1 Å². The Kier molecular flexibility index (Phi) is 9.04. The van der Waals surface area contributed by atoms with Crippen LogP contribution in [0.15, 0.2) is 101 Å². The van der Waals surface area contributed by atoms with Crippen molar-refractivity contribution < 1.29 is 33.1 Å².